The molecule has 5 rings (SSSR count). The molecule has 0 radical (unpaired) electrons. The van der Waals surface area contributed by atoms with Gasteiger partial charge in [-0.05, 0) is 49.5 Å². The molecule has 11 heteroatoms. The van der Waals surface area contributed by atoms with E-state index in [0.717, 1.165) is 41.5 Å². The Labute approximate surface area is 208 Å². The molecule has 178 valence electrons. The summed E-state index contributed by atoms with van der Waals surface area (Å²) in [7, 11) is -1.99. The molecule has 2 N–H and O–H groups in total. The fourth-order valence-corrected chi connectivity index (χ4v) is 6.75. The van der Waals surface area contributed by atoms with Crippen LogP contribution in [0.5, 0.6) is 0 Å². The molecule has 1 atom stereocenters. The molecule has 0 bridgehead atoms. The van der Waals surface area contributed by atoms with Gasteiger partial charge in [-0.2, -0.15) is 0 Å². The Morgan fingerprint density at radius 1 is 0.941 bits per heavy atom. The van der Waals surface area contributed by atoms with Gasteiger partial charge in [0.1, 0.15) is 10.7 Å². The first kappa shape index (κ1) is 23.2. The van der Waals surface area contributed by atoms with E-state index in [4.69, 9.17) is 28.9 Å². The van der Waals surface area contributed by atoms with Crippen LogP contribution in [0.2, 0.25) is 10.0 Å². The highest BCUT2D eigenvalue weighted by Gasteiger charge is 2.33. The van der Waals surface area contributed by atoms with Gasteiger partial charge in [-0.3, -0.25) is 15.6 Å². The molecule has 0 aliphatic carbocycles. The molecule has 0 spiro atoms. The van der Waals surface area contributed by atoms with Gasteiger partial charge in [0.25, 0.3) is 10.0 Å². The van der Waals surface area contributed by atoms with Crippen molar-refractivity contribution < 1.29 is 8.42 Å². The van der Waals surface area contributed by atoms with Gasteiger partial charge < -0.3 is 9.80 Å². The normalized spacial score (nSPS) is 18.9. The fourth-order valence-electron chi connectivity index (χ4n) is 4.30. The largest absolute Gasteiger partial charge is 0.369 e. The summed E-state index contributed by atoms with van der Waals surface area (Å²) >= 11 is 12.5. The van der Waals surface area contributed by atoms with E-state index in [1.165, 1.54) is 18.3 Å². The third-order valence-corrected chi connectivity index (χ3v) is 8.77. The van der Waals surface area contributed by atoms with Crippen LogP contribution in [0.1, 0.15) is 5.56 Å². The van der Waals surface area contributed by atoms with E-state index in [9.17, 15) is 8.42 Å². The minimum atomic E-state index is -4.11. The Morgan fingerprint density at radius 2 is 1.56 bits per heavy atom. The van der Waals surface area contributed by atoms with Crippen molar-refractivity contribution in [2.45, 2.75) is 11.2 Å². The van der Waals surface area contributed by atoms with Gasteiger partial charge in [-0.1, -0.05) is 29.3 Å². The number of fused-ring (bicyclic) bond motifs is 1. The van der Waals surface area contributed by atoms with Crippen LogP contribution >= 0.6 is 23.2 Å². The highest BCUT2D eigenvalue weighted by atomic mass is 35.5. The van der Waals surface area contributed by atoms with Crippen LogP contribution in [-0.2, 0) is 10.0 Å². The maximum atomic E-state index is 13.7. The summed E-state index contributed by atoms with van der Waals surface area (Å²) in [5.41, 5.74) is 8.80. The minimum Gasteiger partial charge on any atom is -0.369 e. The lowest BCUT2D eigenvalue weighted by molar-refractivity contribution is 0.313. The maximum Gasteiger partial charge on any atom is 0.272 e. The summed E-state index contributed by atoms with van der Waals surface area (Å²) in [4.78, 5) is 10.5. The van der Waals surface area contributed by atoms with E-state index in [1.54, 1.807) is 23.2 Å². The van der Waals surface area contributed by atoms with Gasteiger partial charge in [0.05, 0.1) is 10.0 Å². The van der Waals surface area contributed by atoms with Gasteiger partial charge in [-0.15, -0.1) is 0 Å². The minimum absolute atomic E-state index is 0.0480. The standard InChI is InChI=1S/C23H24Cl2N6O2S/c1-28-11-13-29(14-12-28)17-5-7-18(8-6-17)31-22-16(15-27-23(31)26)9-10-30(22)34(32,33)21-19(24)3-2-4-20(21)25/h2-10,15,23H,11-14,26H2,1H3. The van der Waals surface area contributed by atoms with Crippen molar-refractivity contribution in [2.75, 3.05) is 43.0 Å². The molecule has 0 amide bonds. The van der Waals surface area contributed by atoms with Crippen LogP contribution in [0, 0.1) is 0 Å². The summed E-state index contributed by atoms with van der Waals surface area (Å²) in [6.45, 7) is 3.92. The number of likely N-dealkylation sites (N-methyl/N-ethyl adjacent to an activating group) is 1. The number of halogens is 2. The van der Waals surface area contributed by atoms with Gasteiger partial charge >= 0.3 is 0 Å². The van der Waals surface area contributed by atoms with Crippen molar-refractivity contribution in [3.05, 3.63) is 70.3 Å². The predicted molar refractivity (Wildman–Crippen MR) is 137 cm³/mol. The van der Waals surface area contributed by atoms with E-state index in [1.807, 2.05) is 24.3 Å². The SMILES string of the molecule is CN1CCN(c2ccc(N3c4c(ccn4S(=O)(=O)c4c(Cl)cccc4Cl)C=NC3N)cc2)CC1. The Kier molecular flexibility index (Phi) is 6.07. The third-order valence-electron chi connectivity index (χ3n) is 6.15. The van der Waals surface area contributed by atoms with Crippen LogP contribution < -0.4 is 15.5 Å². The number of piperazine rings is 1. The second-order valence-corrected chi connectivity index (χ2v) is 10.9. The summed E-state index contributed by atoms with van der Waals surface area (Å²) in [5, 5.41) is 0.0959. The number of benzene rings is 2. The molecule has 34 heavy (non-hydrogen) atoms. The van der Waals surface area contributed by atoms with Crippen molar-refractivity contribution in [1.82, 2.24) is 8.87 Å². The average Bonchev–Trinajstić information content (AvgIpc) is 3.24. The Hall–Kier alpha value is -2.56. The summed E-state index contributed by atoms with van der Waals surface area (Å²) < 4.78 is 28.5. The number of hydrogen-bond donors (Lipinski definition) is 1. The van der Waals surface area contributed by atoms with E-state index in [-0.39, 0.29) is 14.9 Å². The smallest absolute Gasteiger partial charge is 0.272 e. The number of nitrogens with zero attached hydrogens (tertiary/aromatic N) is 5. The number of rotatable bonds is 4. The summed E-state index contributed by atoms with van der Waals surface area (Å²) in [6, 6.07) is 14.2. The first-order chi connectivity index (χ1) is 16.3. The molecule has 3 heterocycles. The van der Waals surface area contributed by atoms with Gasteiger partial charge in [-0.25, -0.2) is 12.4 Å². The quantitative estimate of drug-likeness (QED) is 0.567. The zero-order chi connectivity index (χ0) is 24.0. The van der Waals surface area contributed by atoms with Crippen LogP contribution in [0.15, 0.2) is 64.6 Å². The van der Waals surface area contributed by atoms with E-state index >= 15 is 0 Å². The number of nitrogens with two attached hydrogens (primary N) is 1. The maximum absolute atomic E-state index is 13.7. The molecule has 3 aromatic rings. The second-order valence-electron chi connectivity index (χ2n) is 8.31. The van der Waals surface area contributed by atoms with Crippen LogP contribution in [0.4, 0.5) is 17.2 Å². The third kappa shape index (κ3) is 3.97. The zero-order valence-corrected chi connectivity index (χ0v) is 20.8. The molecule has 0 saturated carbocycles. The summed E-state index contributed by atoms with van der Waals surface area (Å²) in [5.74, 6) is 0.380. The number of aliphatic imine (C=N–C) groups is 1. The lowest BCUT2D eigenvalue weighted by Crippen LogP contribution is -2.44. The topological polar surface area (TPSA) is 87.2 Å². The molecule has 1 saturated heterocycles. The van der Waals surface area contributed by atoms with Crippen LogP contribution in [0.3, 0.4) is 0 Å². The molecular formula is C23H24Cl2N6O2S. The zero-order valence-electron chi connectivity index (χ0n) is 18.5. The Balaban J connectivity index is 1.55. The first-order valence-corrected chi connectivity index (χ1v) is 13.0. The average molecular weight is 519 g/mol. The molecule has 8 nitrogen and oxygen atoms in total. The van der Waals surface area contributed by atoms with Crippen molar-refractivity contribution in [3.8, 4) is 0 Å². The molecule has 2 aliphatic heterocycles. The second kappa shape index (κ2) is 8.90. The molecule has 1 fully saturated rings. The van der Waals surface area contributed by atoms with E-state index < -0.39 is 16.3 Å². The fraction of sp³-hybridized carbons (Fsp3) is 0.261. The highest BCUT2D eigenvalue weighted by molar-refractivity contribution is 7.90. The highest BCUT2D eigenvalue weighted by Crippen LogP contribution is 2.38. The van der Waals surface area contributed by atoms with Crippen LogP contribution in [0.25, 0.3) is 0 Å². The molecule has 1 aromatic heterocycles. The number of hydrogen-bond acceptors (Lipinski definition) is 7. The monoisotopic (exact) mass is 518 g/mol. The van der Waals surface area contributed by atoms with Gasteiger partial charge in [0.2, 0.25) is 0 Å². The number of aromatic nitrogens is 1. The van der Waals surface area contributed by atoms with Crippen molar-refractivity contribution in [1.29, 1.82) is 0 Å². The predicted octanol–water partition coefficient (Wildman–Crippen LogP) is 3.60. The lowest BCUT2D eigenvalue weighted by atomic mass is 10.2. The van der Waals surface area contributed by atoms with E-state index in [0.29, 0.717) is 11.4 Å². The van der Waals surface area contributed by atoms with E-state index in [2.05, 4.69) is 21.8 Å². The molecular weight excluding hydrogens is 495 g/mol. The Bertz CT molecular complexity index is 1330. The molecule has 2 aromatic carbocycles. The van der Waals surface area contributed by atoms with Crippen molar-refractivity contribution >= 4 is 56.6 Å². The summed E-state index contributed by atoms with van der Waals surface area (Å²) in [6.07, 6.45) is 2.25. The van der Waals surface area contributed by atoms with Crippen LogP contribution in [-0.4, -0.2) is 63.0 Å². The molecule has 1 unspecified atom stereocenters. The number of anilines is 3. The van der Waals surface area contributed by atoms with Gasteiger partial charge in [0, 0.05) is 55.5 Å². The van der Waals surface area contributed by atoms with Crippen molar-refractivity contribution in [3.63, 3.8) is 0 Å². The molecule has 2 aliphatic rings. The first-order valence-electron chi connectivity index (χ1n) is 10.8. The van der Waals surface area contributed by atoms with Gasteiger partial charge in [0.15, 0.2) is 6.29 Å². The lowest BCUT2D eigenvalue weighted by Gasteiger charge is -2.35. The Morgan fingerprint density at radius 3 is 2.21 bits per heavy atom. The van der Waals surface area contributed by atoms with Crippen molar-refractivity contribution in [2.24, 2.45) is 10.7 Å².